The second kappa shape index (κ2) is 6.71. The summed E-state index contributed by atoms with van der Waals surface area (Å²) in [6.45, 7) is 3.06. The van der Waals surface area contributed by atoms with Crippen molar-refractivity contribution < 1.29 is 0 Å². The number of aromatic nitrogens is 2. The van der Waals surface area contributed by atoms with Gasteiger partial charge in [-0.25, -0.2) is 4.98 Å². The number of fused-ring (bicyclic) bond motifs is 2. The first-order valence-corrected chi connectivity index (χ1v) is 9.07. The average Bonchev–Trinajstić information content (AvgIpc) is 2.86. The second-order valence-corrected chi connectivity index (χ2v) is 7.20. The molecule has 0 saturated heterocycles. The van der Waals surface area contributed by atoms with Gasteiger partial charge in [-0.1, -0.05) is 30.4 Å². The molecule has 0 unspecified atom stereocenters. The lowest BCUT2D eigenvalue weighted by Gasteiger charge is -2.17. The van der Waals surface area contributed by atoms with Crippen molar-refractivity contribution in [1.82, 2.24) is 14.9 Å². The Morgan fingerprint density at radius 2 is 2.08 bits per heavy atom. The van der Waals surface area contributed by atoms with Crippen molar-refractivity contribution in [3.63, 3.8) is 0 Å². The van der Waals surface area contributed by atoms with Gasteiger partial charge in [-0.3, -0.25) is 9.88 Å². The van der Waals surface area contributed by atoms with Gasteiger partial charge in [0.25, 0.3) is 0 Å². The molecule has 122 valence electrons. The number of thiazole rings is 1. The fourth-order valence-corrected chi connectivity index (χ4v) is 4.00. The summed E-state index contributed by atoms with van der Waals surface area (Å²) in [5.74, 6) is 0. The topological polar surface area (TPSA) is 55.0 Å². The first kappa shape index (κ1) is 15.3. The van der Waals surface area contributed by atoms with Crippen LogP contribution in [0.1, 0.15) is 16.1 Å². The summed E-state index contributed by atoms with van der Waals surface area (Å²) in [6, 6.07) is 10.4. The van der Waals surface area contributed by atoms with Gasteiger partial charge in [-0.15, -0.1) is 11.3 Å². The summed E-state index contributed by atoms with van der Waals surface area (Å²) >= 11 is 1.64. The van der Waals surface area contributed by atoms with E-state index in [4.69, 9.17) is 5.73 Å². The van der Waals surface area contributed by atoms with Gasteiger partial charge in [0, 0.05) is 42.5 Å². The van der Waals surface area contributed by atoms with Crippen LogP contribution in [0.25, 0.3) is 17.0 Å². The highest BCUT2D eigenvalue weighted by Crippen LogP contribution is 2.24. The minimum atomic E-state index is 0.706. The Bertz CT molecular complexity index is 858. The Morgan fingerprint density at radius 1 is 1.21 bits per heavy atom. The van der Waals surface area contributed by atoms with Crippen LogP contribution in [-0.2, 0) is 12.8 Å². The van der Waals surface area contributed by atoms with Crippen LogP contribution in [0.15, 0.2) is 42.6 Å². The Hall–Kier alpha value is -2.24. The van der Waals surface area contributed by atoms with Crippen molar-refractivity contribution in [1.29, 1.82) is 0 Å². The molecule has 2 N–H and O–H groups in total. The standard InChI is InChI=1S/C19H20N4S/c20-19-22-17-7-10-23(11-8-18(17)24-19)9-3-4-14-12-15-5-1-2-6-16(15)21-13-14/h1-6,12-13H,7-11H2,(H2,20,22)/b4-3+. The highest BCUT2D eigenvalue weighted by molar-refractivity contribution is 7.15. The van der Waals surface area contributed by atoms with Crippen molar-refractivity contribution in [2.45, 2.75) is 12.8 Å². The lowest BCUT2D eigenvalue weighted by molar-refractivity contribution is 0.318. The fourth-order valence-electron chi connectivity index (χ4n) is 3.13. The van der Waals surface area contributed by atoms with Gasteiger partial charge in [0.15, 0.2) is 5.13 Å². The molecule has 3 aromatic rings. The Kier molecular flexibility index (Phi) is 4.28. The minimum Gasteiger partial charge on any atom is -0.375 e. The molecule has 4 rings (SSSR count). The Morgan fingerprint density at radius 3 is 3.04 bits per heavy atom. The summed E-state index contributed by atoms with van der Waals surface area (Å²) in [5, 5.41) is 1.89. The molecule has 0 aliphatic carbocycles. The van der Waals surface area contributed by atoms with Crippen molar-refractivity contribution in [2.24, 2.45) is 0 Å². The minimum absolute atomic E-state index is 0.706. The molecule has 24 heavy (non-hydrogen) atoms. The molecule has 0 spiro atoms. The number of para-hydroxylation sites is 1. The van der Waals surface area contributed by atoms with Crippen LogP contribution >= 0.6 is 11.3 Å². The summed E-state index contributed by atoms with van der Waals surface area (Å²) in [7, 11) is 0. The maximum atomic E-state index is 5.80. The Balaban J connectivity index is 1.39. The van der Waals surface area contributed by atoms with E-state index >= 15 is 0 Å². The van der Waals surface area contributed by atoms with Gasteiger partial charge in [0.05, 0.1) is 11.2 Å². The number of benzene rings is 1. The smallest absolute Gasteiger partial charge is 0.180 e. The number of hydrogen-bond donors (Lipinski definition) is 1. The van der Waals surface area contributed by atoms with Gasteiger partial charge in [0.1, 0.15) is 0 Å². The number of pyridine rings is 1. The predicted octanol–water partition coefficient (Wildman–Crippen LogP) is 3.39. The molecular weight excluding hydrogens is 316 g/mol. The maximum Gasteiger partial charge on any atom is 0.180 e. The second-order valence-electron chi connectivity index (χ2n) is 6.09. The largest absolute Gasteiger partial charge is 0.375 e. The lowest BCUT2D eigenvalue weighted by atomic mass is 10.1. The van der Waals surface area contributed by atoms with Crippen molar-refractivity contribution in [3.8, 4) is 0 Å². The van der Waals surface area contributed by atoms with E-state index in [1.807, 2.05) is 24.4 Å². The third-order valence-electron chi connectivity index (χ3n) is 4.40. The quantitative estimate of drug-likeness (QED) is 0.796. The zero-order valence-corrected chi connectivity index (χ0v) is 14.3. The van der Waals surface area contributed by atoms with E-state index in [1.54, 1.807) is 11.3 Å². The molecule has 3 heterocycles. The summed E-state index contributed by atoms with van der Waals surface area (Å²) in [5.41, 5.74) is 9.19. The molecule has 0 fully saturated rings. The van der Waals surface area contributed by atoms with Gasteiger partial charge in [-0.05, 0) is 24.1 Å². The number of anilines is 1. The highest BCUT2D eigenvalue weighted by atomic mass is 32.1. The molecule has 0 saturated carbocycles. The number of nitrogen functional groups attached to an aromatic ring is 1. The molecule has 4 nitrogen and oxygen atoms in total. The molecular formula is C19H20N4S. The number of nitrogens with zero attached hydrogens (tertiary/aromatic N) is 3. The van der Waals surface area contributed by atoms with E-state index in [0.717, 1.165) is 43.6 Å². The monoisotopic (exact) mass is 336 g/mol. The van der Waals surface area contributed by atoms with Crippen LogP contribution in [-0.4, -0.2) is 34.5 Å². The van der Waals surface area contributed by atoms with Crippen LogP contribution in [0, 0.1) is 0 Å². The van der Waals surface area contributed by atoms with E-state index in [0.29, 0.717) is 5.13 Å². The first-order chi connectivity index (χ1) is 11.8. The fraction of sp³-hybridized carbons (Fsp3) is 0.263. The van der Waals surface area contributed by atoms with Gasteiger partial charge in [0.2, 0.25) is 0 Å². The summed E-state index contributed by atoms with van der Waals surface area (Å²) in [4.78, 5) is 12.8. The Labute approximate surface area is 145 Å². The van der Waals surface area contributed by atoms with E-state index in [1.165, 1.54) is 16.0 Å². The normalized spacial score (nSPS) is 15.7. The lowest BCUT2D eigenvalue weighted by Crippen LogP contribution is -2.26. The average molecular weight is 336 g/mol. The molecule has 0 radical (unpaired) electrons. The summed E-state index contributed by atoms with van der Waals surface area (Å²) in [6.07, 6.45) is 8.37. The zero-order valence-electron chi connectivity index (χ0n) is 13.5. The molecule has 0 bridgehead atoms. The molecule has 5 heteroatoms. The SMILES string of the molecule is Nc1nc2c(s1)CCN(C/C=C/c1cnc3ccccc3c1)CC2. The third kappa shape index (κ3) is 3.32. The number of nitrogens with two attached hydrogens (primary N) is 1. The molecule has 1 aliphatic heterocycles. The van der Waals surface area contributed by atoms with E-state index in [-0.39, 0.29) is 0 Å². The summed E-state index contributed by atoms with van der Waals surface area (Å²) < 4.78 is 0. The van der Waals surface area contributed by atoms with Crippen LogP contribution < -0.4 is 5.73 Å². The van der Waals surface area contributed by atoms with Crippen LogP contribution in [0.4, 0.5) is 5.13 Å². The molecule has 1 aliphatic rings. The van der Waals surface area contributed by atoms with Crippen molar-refractivity contribution in [3.05, 3.63) is 58.7 Å². The van der Waals surface area contributed by atoms with Gasteiger partial charge < -0.3 is 5.73 Å². The third-order valence-corrected chi connectivity index (χ3v) is 5.39. The van der Waals surface area contributed by atoms with E-state index in [9.17, 15) is 0 Å². The van der Waals surface area contributed by atoms with Crippen LogP contribution in [0.3, 0.4) is 0 Å². The molecule has 0 atom stereocenters. The maximum absolute atomic E-state index is 5.80. The zero-order chi connectivity index (χ0) is 16.4. The number of hydrogen-bond acceptors (Lipinski definition) is 5. The van der Waals surface area contributed by atoms with E-state index in [2.05, 4.69) is 39.2 Å². The van der Waals surface area contributed by atoms with E-state index < -0.39 is 0 Å². The van der Waals surface area contributed by atoms with Gasteiger partial charge >= 0.3 is 0 Å². The molecule has 1 aromatic carbocycles. The molecule has 2 aromatic heterocycles. The van der Waals surface area contributed by atoms with Crippen LogP contribution in [0.5, 0.6) is 0 Å². The highest BCUT2D eigenvalue weighted by Gasteiger charge is 2.16. The van der Waals surface area contributed by atoms with Crippen molar-refractivity contribution in [2.75, 3.05) is 25.4 Å². The predicted molar refractivity (Wildman–Crippen MR) is 101 cm³/mol. The van der Waals surface area contributed by atoms with Crippen LogP contribution in [0.2, 0.25) is 0 Å². The van der Waals surface area contributed by atoms with Crippen molar-refractivity contribution >= 4 is 33.4 Å². The number of rotatable bonds is 3. The first-order valence-electron chi connectivity index (χ1n) is 8.26. The van der Waals surface area contributed by atoms with Gasteiger partial charge in [-0.2, -0.15) is 0 Å². The molecule has 0 amide bonds.